The molecule has 86 heavy (non-hydrogen) atoms. The molecule has 506 valence electrons. The van der Waals surface area contributed by atoms with Crippen molar-refractivity contribution in [1.82, 2.24) is 5.32 Å². The first-order chi connectivity index (χ1) is 42.3. The van der Waals surface area contributed by atoms with Crippen molar-refractivity contribution in [3.8, 4) is 0 Å². The standard InChI is InChI=1S/C77H145NO8/c1-3-5-7-9-11-13-15-17-19-21-23-25-27-29-31-33-34-35-36-37-38-39-41-43-45-47-49-51-53-55-57-59-61-63-65-67-73(81)78-70(69-85-77-76(84)75(83)74(82)72(68-79)86-77)71(80)66-64-62-60-58-56-54-52-50-48-46-44-42-40-32-30-28-26-24-22-20-18-16-14-12-10-8-6-4-2/h15,17,21,23,27,29,64,66,70-72,74-77,79-80,82-84H,3-14,16,18-20,22,24-26,28,30-63,65,67-69H2,1-2H3,(H,78,81)/b17-15-,23-21-,29-27-,66-64+. The zero-order valence-electron chi connectivity index (χ0n) is 56.8. The Morgan fingerprint density at radius 2 is 0.686 bits per heavy atom. The lowest BCUT2D eigenvalue weighted by atomic mass is 9.99. The smallest absolute Gasteiger partial charge is 0.220 e. The third-order valence-corrected chi connectivity index (χ3v) is 18.1. The van der Waals surface area contributed by atoms with E-state index < -0.39 is 49.5 Å². The Morgan fingerprint density at radius 1 is 0.395 bits per heavy atom. The van der Waals surface area contributed by atoms with E-state index in [0.29, 0.717) is 6.42 Å². The Kier molecular flexibility index (Phi) is 63.1. The van der Waals surface area contributed by atoms with Gasteiger partial charge in [0.25, 0.3) is 0 Å². The van der Waals surface area contributed by atoms with E-state index in [1.165, 1.54) is 308 Å². The van der Waals surface area contributed by atoms with Crippen LogP contribution in [0.2, 0.25) is 0 Å². The summed E-state index contributed by atoms with van der Waals surface area (Å²) in [7, 11) is 0. The second-order valence-corrected chi connectivity index (χ2v) is 26.4. The average Bonchev–Trinajstić information content (AvgIpc) is 3.65. The number of aliphatic hydroxyl groups excluding tert-OH is 5. The van der Waals surface area contributed by atoms with Gasteiger partial charge in [-0.1, -0.05) is 364 Å². The number of aliphatic hydroxyl groups is 5. The average molecular weight is 1210 g/mol. The number of hydrogen-bond donors (Lipinski definition) is 6. The Labute approximate surface area is 533 Å². The van der Waals surface area contributed by atoms with Gasteiger partial charge in [-0.3, -0.25) is 4.79 Å². The summed E-state index contributed by atoms with van der Waals surface area (Å²) in [5.74, 6) is -0.170. The quantitative estimate of drug-likeness (QED) is 0.0261. The van der Waals surface area contributed by atoms with Crippen molar-refractivity contribution in [2.45, 2.75) is 423 Å². The Morgan fingerprint density at radius 3 is 1.01 bits per heavy atom. The molecule has 1 fully saturated rings. The molecular weight excluding hydrogens is 1070 g/mol. The van der Waals surface area contributed by atoms with E-state index in [1.54, 1.807) is 6.08 Å². The zero-order valence-corrected chi connectivity index (χ0v) is 56.8. The topological polar surface area (TPSA) is 149 Å². The lowest BCUT2D eigenvalue weighted by Crippen LogP contribution is -2.60. The Bertz CT molecular complexity index is 1500. The number of rotatable bonds is 67. The van der Waals surface area contributed by atoms with Crippen LogP contribution in [0.4, 0.5) is 0 Å². The Hall–Kier alpha value is -1.85. The minimum Gasteiger partial charge on any atom is -0.394 e. The summed E-state index contributed by atoms with van der Waals surface area (Å²) in [6.07, 6.45) is 83.8. The molecule has 1 aliphatic heterocycles. The number of hydrogen-bond acceptors (Lipinski definition) is 8. The van der Waals surface area contributed by atoms with Crippen molar-refractivity contribution in [1.29, 1.82) is 0 Å². The van der Waals surface area contributed by atoms with Gasteiger partial charge in [-0.05, 0) is 57.8 Å². The molecule has 0 aromatic rings. The number of carbonyl (C=O) groups is 1. The molecule has 0 radical (unpaired) electrons. The summed E-state index contributed by atoms with van der Waals surface area (Å²) in [6.45, 7) is 3.82. The first-order valence-corrected chi connectivity index (χ1v) is 37.9. The highest BCUT2D eigenvalue weighted by Gasteiger charge is 2.44. The summed E-state index contributed by atoms with van der Waals surface area (Å²) in [5, 5.41) is 54.9. The first kappa shape index (κ1) is 82.2. The number of allylic oxidation sites excluding steroid dienone is 7. The van der Waals surface area contributed by atoms with Crippen LogP contribution in [0.5, 0.6) is 0 Å². The van der Waals surface area contributed by atoms with E-state index in [4.69, 9.17) is 9.47 Å². The molecule has 0 bridgehead atoms. The van der Waals surface area contributed by atoms with Gasteiger partial charge in [-0.2, -0.15) is 0 Å². The lowest BCUT2D eigenvalue weighted by Gasteiger charge is -2.40. The summed E-state index contributed by atoms with van der Waals surface area (Å²) >= 11 is 0. The van der Waals surface area contributed by atoms with Crippen molar-refractivity contribution in [2.24, 2.45) is 0 Å². The molecule has 7 unspecified atom stereocenters. The maximum atomic E-state index is 13.2. The number of nitrogens with one attached hydrogen (secondary N) is 1. The van der Waals surface area contributed by atoms with Crippen LogP contribution >= 0.6 is 0 Å². The van der Waals surface area contributed by atoms with Crippen molar-refractivity contribution >= 4 is 5.91 Å². The maximum Gasteiger partial charge on any atom is 0.220 e. The Balaban J connectivity index is 2.09. The molecule has 0 spiro atoms. The van der Waals surface area contributed by atoms with Crippen molar-refractivity contribution in [3.63, 3.8) is 0 Å². The van der Waals surface area contributed by atoms with E-state index in [2.05, 4.69) is 55.6 Å². The SMILES string of the molecule is CCCCCCC/C=C\C/C=C\C/C=C\CCCCCCCCCCCCCCCCCCCCCCC(=O)NC(COC1OC(CO)C(O)C(O)C1O)C(O)/C=C/CCCCCCCCCCCCCCCCCCCCCCCCCCCC. The number of carbonyl (C=O) groups excluding carboxylic acids is 1. The van der Waals surface area contributed by atoms with Crippen LogP contribution in [0, 0.1) is 0 Å². The fourth-order valence-corrected chi connectivity index (χ4v) is 12.2. The van der Waals surface area contributed by atoms with Crippen LogP contribution in [0.3, 0.4) is 0 Å². The normalized spacial score (nSPS) is 18.2. The molecule has 9 heteroatoms. The molecule has 0 aromatic carbocycles. The molecule has 1 amide bonds. The fourth-order valence-electron chi connectivity index (χ4n) is 12.2. The maximum absolute atomic E-state index is 13.2. The molecule has 0 saturated carbocycles. The van der Waals surface area contributed by atoms with Crippen LogP contribution in [-0.4, -0.2) is 87.5 Å². The number of amides is 1. The fraction of sp³-hybridized carbons (Fsp3) is 0.883. The third kappa shape index (κ3) is 53.9. The summed E-state index contributed by atoms with van der Waals surface area (Å²) in [4.78, 5) is 13.2. The highest BCUT2D eigenvalue weighted by atomic mass is 16.7. The van der Waals surface area contributed by atoms with Crippen molar-refractivity contribution in [2.75, 3.05) is 13.2 Å². The van der Waals surface area contributed by atoms with Gasteiger partial charge in [0.15, 0.2) is 6.29 Å². The molecule has 9 nitrogen and oxygen atoms in total. The van der Waals surface area contributed by atoms with Gasteiger partial charge in [0.2, 0.25) is 5.91 Å². The monoisotopic (exact) mass is 1210 g/mol. The summed E-state index contributed by atoms with van der Waals surface area (Å²) in [5.41, 5.74) is 0. The van der Waals surface area contributed by atoms with Crippen LogP contribution in [-0.2, 0) is 14.3 Å². The summed E-state index contributed by atoms with van der Waals surface area (Å²) < 4.78 is 11.3. The molecule has 1 rings (SSSR count). The first-order valence-electron chi connectivity index (χ1n) is 37.9. The van der Waals surface area contributed by atoms with Gasteiger partial charge in [0.1, 0.15) is 24.4 Å². The largest absolute Gasteiger partial charge is 0.394 e. The molecule has 1 saturated heterocycles. The predicted molar refractivity (Wildman–Crippen MR) is 369 cm³/mol. The van der Waals surface area contributed by atoms with Crippen molar-refractivity contribution < 1.29 is 39.8 Å². The number of unbranched alkanes of at least 4 members (excludes halogenated alkanes) is 51. The number of ether oxygens (including phenoxy) is 2. The second-order valence-electron chi connectivity index (χ2n) is 26.4. The zero-order chi connectivity index (χ0) is 62.1. The van der Waals surface area contributed by atoms with E-state index in [9.17, 15) is 30.3 Å². The molecule has 6 N–H and O–H groups in total. The highest BCUT2D eigenvalue weighted by molar-refractivity contribution is 5.76. The van der Waals surface area contributed by atoms with Gasteiger partial charge in [0, 0.05) is 6.42 Å². The van der Waals surface area contributed by atoms with Gasteiger partial charge in [0.05, 0.1) is 25.4 Å². The van der Waals surface area contributed by atoms with E-state index in [-0.39, 0.29) is 12.5 Å². The third-order valence-electron chi connectivity index (χ3n) is 18.1. The van der Waals surface area contributed by atoms with Gasteiger partial charge in [-0.15, -0.1) is 0 Å². The van der Waals surface area contributed by atoms with Crippen LogP contribution < -0.4 is 5.32 Å². The molecule has 1 aliphatic rings. The molecular formula is C77H145NO8. The highest BCUT2D eigenvalue weighted by Crippen LogP contribution is 2.24. The van der Waals surface area contributed by atoms with Crippen LogP contribution in [0.25, 0.3) is 0 Å². The van der Waals surface area contributed by atoms with Gasteiger partial charge in [-0.25, -0.2) is 0 Å². The van der Waals surface area contributed by atoms with Crippen LogP contribution in [0.15, 0.2) is 48.6 Å². The molecule has 0 aliphatic carbocycles. The van der Waals surface area contributed by atoms with Gasteiger partial charge >= 0.3 is 0 Å². The lowest BCUT2D eigenvalue weighted by molar-refractivity contribution is -0.302. The van der Waals surface area contributed by atoms with Crippen LogP contribution in [0.1, 0.15) is 380 Å². The predicted octanol–water partition coefficient (Wildman–Crippen LogP) is 21.1. The minimum atomic E-state index is -1.57. The minimum absolute atomic E-state index is 0.170. The summed E-state index contributed by atoms with van der Waals surface area (Å²) in [6, 6.07) is -0.806. The van der Waals surface area contributed by atoms with Crippen molar-refractivity contribution in [3.05, 3.63) is 48.6 Å². The molecule has 1 heterocycles. The molecule has 7 atom stereocenters. The van der Waals surface area contributed by atoms with E-state index in [0.717, 1.165) is 51.4 Å². The van der Waals surface area contributed by atoms with E-state index >= 15 is 0 Å². The van der Waals surface area contributed by atoms with Gasteiger partial charge < -0.3 is 40.3 Å². The second kappa shape index (κ2) is 66.1. The van der Waals surface area contributed by atoms with E-state index in [1.807, 2.05) is 6.08 Å². The molecule has 0 aromatic heterocycles.